The lowest BCUT2D eigenvalue weighted by Gasteiger charge is -2.13. The fraction of sp³-hybridized carbons (Fsp3) is 0.0556. The zero-order chi connectivity index (χ0) is 18.0. The van der Waals surface area contributed by atoms with E-state index in [9.17, 15) is 14.7 Å². The van der Waals surface area contributed by atoms with Crippen molar-refractivity contribution >= 4 is 34.8 Å². The maximum absolute atomic E-state index is 12.5. The number of rotatable bonds is 4. The summed E-state index contributed by atoms with van der Waals surface area (Å²) in [6, 6.07) is 11.2. The molecule has 0 radical (unpaired) electrons. The van der Waals surface area contributed by atoms with E-state index >= 15 is 0 Å². The van der Waals surface area contributed by atoms with Crippen molar-refractivity contribution in [3.05, 3.63) is 71.3 Å². The Hall–Kier alpha value is -3.12. The van der Waals surface area contributed by atoms with Gasteiger partial charge in [0.05, 0.1) is 11.3 Å². The first kappa shape index (κ1) is 16.7. The molecule has 1 aliphatic heterocycles. The molecule has 0 unspecified atom stereocenters. The molecule has 0 bridgehead atoms. The van der Waals surface area contributed by atoms with E-state index in [1.807, 2.05) is 6.07 Å². The van der Waals surface area contributed by atoms with Gasteiger partial charge in [-0.1, -0.05) is 35.9 Å². The summed E-state index contributed by atoms with van der Waals surface area (Å²) in [7, 11) is 0. The third-order valence-corrected chi connectivity index (χ3v) is 3.92. The Balaban J connectivity index is 1.91. The minimum Gasteiger partial charge on any atom is -0.507 e. The molecule has 0 aliphatic carbocycles. The maximum atomic E-state index is 12.5. The zero-order valence-electron chi connectivity index (χ0n) is 13.1. The number of phenolic OH excluding ortho intramolecular Hbond substituents is 1. The smallest absolute Gasteiger partial charge is 0.279 e. The van der Waals surface area contributed by atoms with Crippen LogP contribution in [0.5, 0.6) is 5.75 Å². The number of para-hydroxylation sites is 1. The topological polar surface area (TPSA) is 82.0 Å². The van der Waals surface area contributed by atoms with Gasteiger partial charge in [0.25, 0.3) is 11.8 Å². The van der Waals surface area contributed by atoms with Gasteiger partial charge in [-0.2, -0.15) is 5.10 Å². The highest BCUT2D eigenvalue weighted by molar-refractivity contribution is 6.54. The van der Waals surface area contributed by atoms with Crippen LogP contribution in [0.3, 0.4) is 0 Å². The second kappa shape index (κ2) is 6.78. The third-order valence-electron chi connectivity index (χ3n) is 3.68. The molecule has 126 valence electrons. The van der Waals surface area contributed by atoms with Crippen molar-refractivity contribution in [3.63, 3.8) is 0 Å². The molecule has 2 amide bonds. The lowest BCUT2D eigenvalue weighted by atomic mass is 10.1. The van der Waals surface area contributed by atoms with Crippen LogP contribution in [0.4, 0.5) is 5.69 Å². The highest BCUT2D eigenvalue weighted by atomic mass is 35.5. The molecule has 2 aromatic rings. The first-order chi connectivity index (χ1) is 12.0. The molecule has 0 saturated heterocycles. The summed E-state index contributed by atoms with van der Waals surface area (Å²) in [6.45, 7) is 3.98. The number of hydrogen-bond donors (Lipinski definition) is 2. The van der Waals surface area contributed by atoms with Gasteiger partial charge in [-0.3, -0.25) is 9.59 Å². The summed E-state index contributed by atoms with van der Waals surface area (Å²) in [4.78, 5) is 26.3. The number of nitrogens with one attached hydrogen (secondary N) is 1. The molecular weight excluding hydrogens is 342 g/mol. The Kier molecular flexibility index (Phi) is 4.54. The second-order valence-corrected chi connectivity index (χ2v) is 5.72. The molecule has 0 spiro atoms. The van der Waals surface area contributed by atoms with Crippen molar-refractivity contribution in [3.8, 4) is 5.75 Å². The molecular formula is C18H14ClN3O3. The molecule has 1 heterocycles. The van der Waals surface area contributed by atoms with Crippen LogP contribution in [0.25, 0.3) is 0 Å². The molecule has 0 aromatic heterocycles. The Morgan fingerprint density at radius 3 is 2.84 bits per heavy atom. The normalized spacial score (nSPS) is 14.5. The molecule has 0 saturated carbocycles. The zero-order valence-corrected chi connectivity index (χ0v) is 13.8. The average molecular weight is 356 g/mol. The number of phenols is 1. The number of hydrogen-bond acceptors (Lipinski definition) is 4. The van der Waals surface area contributed by atoms with Crippen LogP contribution >= 0.6 is 11.6 Å². The fourth-order valence-corrected chi connectivity index (χ4v) is 2.71. The molecule has 0 atom stereocenters. The van der Waals surface area contributed by atoms with E-state index in [4.69, 9.17) is 11.6 Å². The minimum atomic E-state index is -0.667. The van der Waals surface area contributed by atoms with Gasteiger partial charge in [-0.05, 0) is 24.3 Å². The average Bonchev–Trinajstić information content (AvgIpc) is 2.87. The molecule has 2 N–H and O–H groups in total. The van der Waals surface area contributed by atoms with Gasteiger partial charge in [-0.25, -0.2) is 5.43 Å². The predicted molar refractivity (Wildman–Crippen MR) is 96.1 cm³/mol. The van der Waals surface area contributed by atoms with Crippen LogP contribution in [0.15, 0.2) is 60.2 Å². The van der Waals surface area contributed by atoms with Crippen LogP contribution in [-0.2, 0) is 4.79 Å². The van der Waals surface area contributed by atoms with Crippen molar-refractivity contribution in [1.29, 1.82) is 0 Å². The number of fused-ring (bicyclic) bond motifs is 1. The van der Waals surface area contributed by atoms with E-state index in [1.165, 1.54) is 23.1 Å². The standard InChI is InChI=1S/C18H14ClN3O3/c1-2-9-22-14-6-4-3-5-12(14)16(18(22)25)20-21-17(24)13-10-11(19)7-8-15(13)23/h2-8,10,23H,1,9H2,(H,21,24)/b20-16-. The van der Waals surface area contributed by atoms with Crippen molar-refractivity contribution in [2.45, 2.75) is 0 Å². The number of carbonyl (C=O) groups excluding carboxylic acids is 2. The van der Waals surface area contributed by atoms with Gasteiger partial charge in [0.15, 0.2) is 5.71 Å². The predicted octanol–water partition coefficient (Wildman–Crippen LogP) is 2.71. The molecule has 25 heavy (non-hydrogen) atoms. The first-order valence-corrected chi connectivity index (χ1v) is 7.79. The lowest BCUT2D eigenvalue weighted by molar-refractivity contribution is -0.112. The monoisotopic (exact) mass is 355 g/mol. The van der Waals surface area contributed by atoms with Crippen LogP contribution < -0.4 is 10.3 Å². The van der Waals surface area contributed by atoms with Gasteiger partial charge in [0.2, 0.25) is 0 Å². The van der Waals surface area contributed by atoms with Gasteiger partial charge >= 0.3 is 0 Å². The largest absolute Gasteiger partial charge is 0.507 e. The Bertz CT molecular complexity index is 908. The van der Waals surface area contributed by atoms with E-state index in [-0.39, 0.29) is 22.9 Å². The summed E-state index contributed by atoms with van der Waals surface area (Å²) >= 11 is 5.84. The molecule has 6 nitrogen and oxygen atoms in total. The fourth-order valence-electron chi connectivity index (χ4n) is 2.54. The maximum Gasteiger partial charge on any atom is 0.279 e. The van der Waals surface area contributed by atoms with Crippen molar-refractivity contribution in [1.82, 2.24) is 5.43 Å². The molecule has 3 rings (SSSR count). The number of amides is 2. The van der Waals surface area contributed by atoms with Crippen molar-refractivity contribution in [2.75, 3.05) is 11.4 Å². The van der Waals surface area contributed by atoms with Gasteiger partial charge in [-0.15, -0.1) is 6.58 Å². The summed E-state index contributed by atoms with van der Waals surface area (Å²) in [5.74, 6) is -1.23. The highest BCUT2D eigenvalue weighted by Crippen LogP contribution is 2.29. The Morgan fingerprint density at radius 2 is 2.08 bits per heavy atom. The number of benzene rings is 2. The van der Waals surface area contributed by atoms with Crippen LogP contribution in [-0.4, -0.2) is 29.2 Å². The third kappa shape index (κ3) is 3.12. The summed E-state index contributed by atoms with van der Waals surface area (Å²) < 4.78 is 0. The van der Waals surface area contributed by atoms with E-state index < -0.39 is 5.91 Å². The van der Waals surface area contributed by atoms with Crippen LogP contribution in [0.1, 0.15) is 15.9 Å². The quantitative estimate of drug-likeness (QED) is 0.653. The minimum absolute atomic E-state index is 0.0291. The molecule has 2 aromatic carbocycles. The SMILES string of the molecule is C=CCN1C(=O)/C(=N\NC(=O)c2cc(Cl)ccc2O)c2ccccc21. The first-order valence-electron chi connectivity index (χ1n) is 7.41. The summed E-state index contributed by atoms with van der Waals surface area (Å²) in [6.07, 6.45) is 1.61. The summed E-state index contributed by atoms with van der Waals surface area (Å²) in [5, 5.41) is 14.0. The van der Waals surface area contributed by atoms with Crippen LogP contribution in [0.2, 0.25) is 5.02 Å². The number of anilines is 1. The van der Waals surface area contributed by atoms with E-state index in [0.29, 0.717) is 22.8 Å². The number of hydrazone groups is 1. The number of halogens is 1. The van der Waals surface area contributed by atoms with E-state index in [1.54, 1.807) is 24.3 Å². The number of carbonyl (C=O) groups is 2. The Labute approximate surface area is 149 Å². The highest BCUT2D eigenvalue weighted by Gasteiger charge is 2.33. The number of nitrogens with zero attached hydrogens (tertiary/aromatic N) is 2. The van der Waals surface area contributed by atoms with Crippen molar-refractivity contribution < 1.29 is 14.7 Å². The van der Waals surface area contributed by atoms with E-state index in [2.05, 4.69) is 17.1 Å². The van der Waals surface area contributed by atoms with Gasteiger partial charge < -0.3 is 10.0 Å². The molecule has 7 heteroatoms. The number of aromatic hydroxyl groups is 1. The van der Waals surface area contributed by atoms with Crippen LogP contribution in [0, 0.1) is 0 Å². The van der Waals surface area contributed by atoms with Crippen molar-refractivity contribution in [2.24, 2.45) is 5.10 Å². The second-order valence-electron chi connectivity index (χ2n) is 5.28. The summed E-state index contributed by atoms with van der Waals surface area (Å²) in [5.41, 5.74) is 3.70. The van der Waals surface area contributed by atoms with E-state index in [0.717, 1.165) is 0 Å². The molecule has 1 aliphatic rings. The van der Waals surface area contributed by atoms with Gasteiger partial charge in [0, 0.05) is 17.1 Å². The lowest BCUT2D eigenvalue weighted by Crippen LogP contribution is -2.31. The Morgan fingerprint density at radius 1 is 1.32 bits per heavy atom. The molecule has 0 fully saturated rings. The van der Waals surface area contributed by atoms with Gasteiger partial charge in [0.1, 0.15) is 5.75 Å².